The lowest BCUT2D eigenvalue weighted by molar-refractivity contribution is 0.522. The van der Waals surface area contributed by atoms with Crippen molar-refractivity contribution in [3.05, 3.63) is 66.2 Å². The lowest BCUT2D eigenvalue weighted by Gasteiger charge is -2.18. The molecule has 0 saturated carbocycles. The number of nitrogens with one attached hydrogen (secondary N) is 1. The van der Waals surface area contributed by atoms with E-state index in [4.69, 9.17) is 5.73 Å². The van der Waals surface area contributed by atoms with Crippen molar-refractivity contribution in [2.45, 2.75) is 46.2 Å². The highest BCUT2D eigenvalue weighted by Gasteiger charge is 2.11. The normalized spacial score (nSPS) is 10.9. The van der Waals surface area contributed by atoms with Gasteiger partial charge in [0.2, 0.25) is 0 Å². The van der Waals surface area contributed by atoms with E-state index in [-0.39, 0.29) is 13.6 Å². The predicted molar refractivity (Wildman–Crippen MR) is 116 cm³/mol. The molecule has 0 aliphatic carbocycles. The third-order valence-electron chi connectivity index (χ3n) is 4.15. The number of benzene rings is 2. The highest BCUT2D eigenvalue weighted by Crippen LogP contribution is 2.27. The zero-order valence-electron chi connectivity index (χ0n) is 15.2. The molecule has 0 aliphatic rings. The summed E-state index contributed by atoms with van der Waals surface area (Å²) in [5.74, 6) is 8.00. The van der Waals surface area contributed by atoms with E-state index in [1.165, 1.54) is 36.8 Å². The molecule has 2 aromatic rings. The molecule has 0 saturated heterocycles. The quantitative estimate of drug-likeness (QED) is 0.229. The number of hydrogen-bond donors (Lipinski definition) is 4. The Labute approximate surface area is 159 Å². The van der Waals surface area contributed by atoms with Crippen LogP contribution in [0.15, 0.2) is 55.1 Å². The number of hydrogen-bond acceptors (Lipinski definition) is 4. The second-order valence-corrected chi connectivity index (χ2v) is 5.91. The number of nitrogens with two attached hydrogens (primary N) is 3. The zero-order chi connectivity index (χ0) is 18.5. The fraction of sp³-hybridized carbons (Fsp3) is 0.364. The molecule has 0 fully saturated rings. The molecule has 0 amide bonds. The van der Waals surface area contributed by atoms with Crippen molar-refractivity contribution in [1.29, 1.82) is 0 Å². The van der Waals surface area contributed by atoms with Crippen molar-refractivity contribution in [2.75, 3.05) is 6.54 Å². The summed E-state index contributed by atoms with van der Waals surface area (Å²) in [5, 5.41) is 3.45. The first kappa shape index (κ1) is 24.0. The Hall–Kier alpha value is -1.98. The monoisotopic (exact) mass is 356 g/mol. The zero-order valence-corrected chi connectivity index (χ0v) is 15.2. The molecule has 144 valence electrons. The van der Waals surface area contributed by atoms with Crippen molar-refractivity contribution in [2.24, 2.45) is 17.4 Å². The van der Waals surface area contributed by atoms with Gasteiger partial charge in [-0.25, -0.2) is 0 Å². The summed E-state index contributed by atoms with van der Waals surface area (Å²) in [5.41, 5.74) is 11.0. The van der Waals surface area contributed by atoms with Crippen LogP contribution in [0, 0.1) is 0 Å². The van der Waals surface area contributed by atoms with Gasteiger partial charge in [-0.1, -0.05) is 94.8 Å². The van der Waals surface area contributed by atoms with Gasteiger partial charge in [0.15, 0.2) is 0 Å². The Kier molecular flexibility index (Phi) is 13.1. The largest absolute Gasteiger partial charge is 0.312 e. The third-order valence-corrected chi connectivity index (χ3v) is 4.15. The van der Waals surface area contributed by atoms with Gasteiger partial charge < -0.3 is 5.73 Å². The molecule has 0 radical (unpaired) electrons. The van der Waals surface area contributed by atoms with E-state index < -0.39 is 0 Å². The summed E-state index contributed by atoms with van der Waals surface area (Å²) in [7, 11) is 0. The smallest absolute Gasteiger partial charge is 0.0816 e. The van der Waals surface area contributed by atoms with Gasteiger partial charge >= 0.3 is 0 Å². The first-order chi connectivity index (χ1) is 12.3. The summed E-state index contributed by atoms with van der Waals surface area (Å²) in [6.07, 6.45) is 6.73. The van der Waals surface area contributed by atoms with Gasteiger partial charge in [-0.15, -0.1) is 0 Å². The van der Waals surface area contributed by atoms with Crippen LogP contribution in [0.3, 0.4) is 0 Å². The molecule has 0 aliphatic heterocycles. The standard InChI is InChI=1S/C21H28N2.CH4.H4N2/c1-3-5-6-9-16-23-21(22)20-11-8-7-10-19(20)18-14-12-17(4-2)13-15-18;;1-2/h4,7-8,10-15,21,23H,2-3,5-6,9,16,22H2,1H3;1H4;1-2H2. The summed E-state index contributed by atoms with van der Waals surface area (Å²) in [6.45, 7) is 7.00. The Morgan fingerprint density at radius 1 is 1.00 bits per heavy atom. The lowest BCUT2D eigenvalue weighted by Crippen LogP contribution is -2.29. The van der Waals surface area contributed by atoms with Crippen molar-refractivity contribution in [1.82, 2.24) is 5.32 Å². The Morgan fingerprint density at radius 3 is 2.27 bits per heavy atom. The maximum Gasteiger partial charge on any atom is 0.0816 e. The summed E-state index contributed by atoms with van der Waals surface area (Å²) in [6, 6.07) is 16.8. The molecule has 0 spiro atoms. The van der Waals surface area contributed by atoms with E-state index in [0.29, 0.717) is 0 Å². The van der Waals surface area contributed by atoms with Crippen molar-refractivity contribution in [3.8, 4) is 11.1 Å². The highest BCUT2D eigenvalue weighted by atomic mass is 15.0. The number of hydrazine groups is 1. The van der Waals surface area contributed by atoms with E-state index in [1.807, 2.05) is 6.08 Å². The van der Waals surface area contributed by atoms with Crippen LogP contribution in [-0.2, 0) is 0 Å². The maximum atomic E-state index is 6.38. The molecular weight excluding hydrogens is 320 g/mol. The fourth-order valence-electron chi connectivity index (χ4n) is 2.75. The molecule has 4 nitrogen and oxygen atoms in total. The molecule has 2 aromatic carbocycles. The minimum atomic E-state index is -0.132. The molecule has 2 rings (SSSR count). The molecular formula is C22H36N4. The summed E-state index contributed by atoms with van der Waals surface area (Å²) >= 11 is 0. The summed E-state index contributed by atoms with van der Waals surface area (Å²) in [4.78, 5) is 0. The first-order valence-electron chi connectivity index (χ1n) is 8.90. The van der Waals surface area contributed by atoms with Gasteiger partial charge in [0.25, 0.3) is 0 Å². The number of unbranched alkanes of at least 4 members (excludes halogenated alkanes) is 3. The van der Waals surface area contributed by atoms with E-state index in [9.17, 15) is 0 Å². The Morgan fingerprint density at radius 2 is 1.65 bits per heavy atom. The molecule has 4 heteroatoms. The minimum Gasteiger partial charge on any atom is -0.312 e. The van der Waals surface area contributed by atoms with Crippen molar-refractivity contribution in [3.63, 3.8) is 0 Å². The van der Waals surface area contributed by atoms with Gasteiger partial charge in [-0.3, -0.25) is 17.0 Å². The molecule has 26 heavy (non-hydrogen) atoms. The average Bonchev–Trinajstić information content (AvgIpc) is 2.69. The van der Waals surface area contributed by atoms with Crippen molar-refractivity contribution < 1.29 is 0 Å². The van der Waals surface area contributed by atoms with Crippen LogP contribution in [0.5, 0.6) is 0 Å². The van der Waals surface area contributed by atoms with E-state index >= 15 is 0 Å². The van der Waals surface area contributed by atoms with Gasteiger partial charge in [-0.05, 0) is 35.2 Å². The average molecular weight is 357 g/mol. The lowest BCUT2D eigenvalue weighted by atomic mass is 9.97. The molecule has 0 aromatic heterocycles. The molecule has 0 bridgehead atoms. The maximum absolute atomic E-state index is 6.38. The third kappa shape index (κ3) is 7.50. The SMILES string of the molecule is C.C=Cc1ccc(-c2ccccc2C(N)NCCCCCC)cc1.NN. The van der Waals surface area contributed by atoms with Crippen LogP contribution >= 0.6 is 0 Å². The first-order valence-corrected chi connectivity index (χ1v) is 8.90. The molecule has 1 atom stereocenters. The van der Waals surface area contributed by atoms with Gasteiger partial charge in [0.05, 0.1) is 6.17 Å². The highest BCUT2D eigenvalue weighted by molar-refractivity contribution is 5.69. The van der Waals surface area contributed by atoms with Crippen LogP contribution in [-0.4, -0.2) is 6.54 Å². The van der Waals surface area contributed by atoms with E-state index in [2.05, 4.69) is 79.0 Å². The van der Waals surface area contributed by atoms with Gasteiger partial charge in [0, 0.05) is 0 Å². The van der Waals surface area contributed by atoms with Crippen LogP contribution in [0.1, 0.15) is 57.3 Å². The van der Waals surface area contributed by atoms with Gasteiger partial charge in [0.1, 0.15) is 0 Å². The van der Waals surface area contributed by atoms with E-state index in [0.717, 1.165) is 17.7 Å². The Bertz CT molecular complexity index is 608. The van der Waals surface area contributed by atoms with Crippen molar-refractivity contribution >= 4 is 6.08 Å². The fourth-order valence-corrected chi connectivity index (χ4v) is 2.75. The van der Waals surface area contributed by atoms with Crippen LogP contribution in [0.2, 0.25) is 0 Å². The predicted octanol–water partition coefficient (Wildman–Crippen LogP) is 4.58. The number of rotatable bonds is 9. The minimum absolute atomic E-state index is 0. The van der Waals surface area contributed by atoms with Gasteiger partial charge in [-0.2, -0.15) is 0 Å². The van der Waals surface area contributed by atoms with E-state index in [1.54, 1.807) is 0 Å². The van der Waals surface area contributed by atoms with Crippen LogP contribution in [0.4, 0.5) is 0 Å². The molecule has 1 unspecified atom stereocenters. The summed E-state index contributed by atoms with van der Waals surface area (Å²) < 4.78 is 0. The molecule has 0 heterocycles. The second-order valence-electron chi connectivity index (χ2n) is 5.91. The van der Waals surface area contributed by atoms with Crippen LogP contribution in [0.25, 0.3) is 17.2 Å². The molecule has 7 N–H and O–H groups in total. The van der Waals surface area contributed by atoms with Crippen LogP contribution < -0.4 is 22.7 Å². The second kappa shape index (κ2) is 14.2. The topological polar surface area (TPSA) is 90.1 Å². The Balaban J connectivity index is 0.00000201.